The Bertz CT molecular complexity index is 1030. The maximum absolute atomic E-state index is 12.6. The van der Waals surface area contributed by atoms with Gasteiger partial charge in [0.1, 0.15) is 6.61 Å². The molecule has 4 rings (SSSR count). The highest BCUT2D eigenvalue weighted by atomic mass is 19.4. The molecule has 0 radical (unpaired) electrons. The molecule has 1 heterocycles. The van der Waals surface area contributed by atoms with Crippen LogP contribution < -0.4 is 4.90 Å². The monoisotopic (exact) mass is 410 g/mol. The average molecular weight is 410 g/mol. The Balaban J connectivity index is 1.39. The Morgan fingerprint density at radius 3 is 2.23 bits per heavy atom. The van der Waals surface area contributed by atoms with Crippen LogP contribution in [0.2, 0.25) is 0 Å². The molecule has 0 amide bonds. The van der Waals surface area contributed by atoms with Gasteiger partial charge in [-0.15, -0.1) is 0 Å². The second-order valence-electron chi connectivity index (χ2n) is 7.32. The Labute approximate surface area is 173 Å². The van der Waals surface area contributed by atoms with E-state index in [-0.39, 0.29) is 6.61 Å². The summed E-state index contributed by atoms with van der Waals surface area (Å²) in [5.74, 6) is 0. The van der Waals surface area contributed by atoms with Crippen molar-refractivity contribution in [3.05, 3.63) is 101 Å². The number of hydrogen-bond donors (Lipinski definition) is 0. The zero-order valence-corrected chi connectivity index (χ0v) is 16.5. The van der Waals surface area contributed by atoms with Gasteiger partial charge in [0.15, 0.2) is 0 Å². The van der Waals surface area contributed by atoms with Gasteiger partial charge in [-0.3, -0.25) is 0 Å². The molecule has 0 saturated heterocycles. The van der Waals surface area contributed by atoms with E-state index in [9.17, 15) is 13.2 Å². The van der Waals surface area contributed by atoms with Gasteiger partial charge in [0.2, 0.25) is 0 Å². The molecular formula is C24H21F3N2O. The predicted molar refractivity (Wildman–Crippen MR) is 111 cm³/mol. The van der Waals surface area contributed by atoms with Gasteiger partial charge in [0, 0.05) is 24.3 Å². The normalized spacial score (nSPS) is 14.0. The van der Waals surface area contributed by atoms with E-state index in [0.717, 1.165) is 36.5 Å². The van der Waals surface area contributed by atoms with Crippen LogP contribution in [0.25, 0.3) is 0 Å². The van der Waals surface area contributed by atoms with Gasteiger partial charge < -0.3 is 9.74 Å². The van der Waals surface area contributed by atoms with Crippen LogP contribution in [0, 0.1) is 0 Å². The number of hydrogen-bond acceptors (Lipinski definition) is 3. The number of rotatable bonds is 5. The van der Waals surface area contributed by atoms with Crippen molar-refractivity contribution in [2.45, 2.75) is 32.8 Å². The third kappa shape index (κ3) is 4.48. The molecule has 0 N–H and O–H groups in total. The van der Waals surface area contributed by atoms with E-state index in [1.807, 2.05) is 19.1 Å². The molecule has 0 atom stereocenters. The van der Waals surface area contributed by atoms with E-state index in [1.54, 1.807) is 0 Å². The second kappa shape index (κ2) is 8.22. The lowest BCUT2D eigenvalue weighted by Gasteiger charge is -2.18. The van der Waals surface area contributed by atoms with Crippen LogP contribution in [-0.4, -0.2) is 5.71 Å². The van der Waals surface area contributed by atoms with Crippen molar-refractivity contribution in [1.82, 2.24) is 0 Å². The molecule has 3 aromatic rings. The average Bonchev–Trinajstić information content (AvgIpc) is 3.18. The van der Waals surface area contributed by atoms with Gasteiger partial charge in [-0.2, -0.15) is 13.2 Å². The van der Waals surface area contributed by atoms with Crippen LogP contribution in [0.4, 0.5) is 18.9 Å². The summed E-state index contributed by atoms with van der Waals surface area (Å²) in [4.78, 5) is 7.68. The molecule has 3 nitrogen and oxygen atoms in total. The van der Waals surface area contributed by atoms with Crippen LogP contribution in [0.15, 0.2) is 78.0 Å². The van der Waals surface area contributed by atoms with Gasteiger partial charge >= 0.3 is 6.18 Å². The molecule has 154 valence electrons. The lowest BCUT2D eigenvalue weighted by Crippen LogP contribution is -2.14. The van der Waals surface area contributed by atoms with Gasteiger partial charge in [0.25, 0.3) is 0 Å². The van der Waals surface area contributed by atoms with E-state index in [0.29, 0.717) is 11.3 Å². The highest BCUT2D eigenvalue weighted by Gasteiger charge is 2.29. The summed E-state index contributed by atoms with van der Waals surface area (Å²) in [7, 11) is 0. The van der Waals surface area contributed by atoms with Gasteiger partial charge in [-0.05, 0) is 47.9 Å². The highest BCUT2D eigenvalue weighted by molar-refractivity contribution is 5.99. The summed E-state index contributed by atoms with van der Waals surface area (Å²) in [6, 6.07) is 21.4. The van der Waals surface area contributed by atoms with E-state index >= 15 is 0 Å². The standard InChI is InChI=1S/C24H21F3N2O/c1-17(28-30-16-18-9-11-22(12-10-18)24(25,26)27)19-7-4-8-23(13-19)29-14-20-5-2-3-6-21(20)15-29/h2-13H,14-16H2,1H3. The second-order valence-corrected chi connectivity index (χ2v) is 7.32. The first kappa shape index (κ1) is 20.0. The van der Waals surface area contributed by atoms with E-state index in [4.69, 9.17) is 4.84 Å². The minimum atomic E-state index is -4.34. The number of benzene rings is 3. The number of oxime groups is 1. The van der Waals surface area contributed by atoms with Crippen molar-refractivity contribution in [1.29, 1.82) is 0 Å². The first-order valence-electron chi connectivity index (χ1n) is 9.65. The summed E-state index contributed by atoms with van der Waals surface area (Å²) < 4.78 is 37.9. The van der Waals surface area contributed by atoms with E-state index < -0.39 is 11.7 Å². The zero-order chi connectivity index (χ0) is 21.1. The number of anilines is 1. The number of alkyl halides is 3. The minimum absolute atomic E-state index is 0.108. The summed E-state index contributed by atoms with van der Waals surface area (Å²) in [5, 5.41) is 4.14. The minimum Gasteiger partial charge on any atom is -0.391 e. The first-order chi connectivity index (χ1) is 14.4. The molecule has 30 heavy (non-hydrogen) atoms. The van der Waals surface area contributed by atoms with E-state index in [1.165, 1.54) is 23.3 Å². The number of fused-ring (bicyclic) bond motifs is 1. The molecule has 0 saturated carbocycles. The fourth-order valence-corrected chi connectivity index (χ4v) is 3.49. The Morgan fingerprint density at radius 2 is 1.60 bits per heavy atom. The smallest absolute Gasteiger partial charge is 0.391 e. The molecule has 3 aromatic carbocycles. The summed E-state index contributed by atoms with van der Waals surface area (Å²) in [6.07, 6.45) is -4.34. The van der Waals surface area contributed by atoms with Crippen LogP contribution in [-0.2, 0) is 30.7 Å². The Hall–Kier alpha value is -3.28. The van der Waals surface area contributed by atoms with Crippen molar-refractivity contribution >= 4 is 11.4 Å². The summed E-state index contributed by atoms with van der Waals surface area (Å²) >= 11 is 0. The molecule has 1 aliphatic rings. The molecule has 6 heteroatoms. The molecule has 0 bridgehead atoms. The quantitative estimate of drug-likeness (QED) is 0.371. The third-order valence-corrected chi connectivity index (χ3v) is 5.18. The van der Waals surface area contributed by atoms with Crippen LogP contribution in [0.1, 0.15) is 34.7 Å². The van der Waals surface area contributed by atoms with Gasteiger partial charge in [0.05, 0.1) is 11.3 Å². The van der Waals surface area contributed by atoms with Crippen LogP contribution in [0.3, 0.4) is 0 Å². The largest absolute Gasteiger partial charge is 0.416 e. The fourth-order valence-electron chi connectivity index (χ4n) is 3.49. The lowest BCUT2D eigenvalue weighted by molar-refractivity contribution is -0.137. The fraction of sp³-hybridized carbons (Fsp3) is 0.208. The molecule has 0 aromatic heterocycles. The van der Waals surface area contributed by atoms with Gasteiger partial charge in [-0.1, -0.05) is 53.7 Å². The molecule has 0 aliphatic carbocycles. The third-order valence-electron chi connectivity index (χ3n) is 5.18. The molecule has 1 aliphatic heterocycles. The predicted octanol–water partition coefficient (Wildman–Crippen LogP) is 6.17. The van der Waals surface area contributed by atoms with E-state index in [2.05, 4.69) is 46.5 Å². The first-order valence-corrected chi connectivity index (χ1v) is 9.65. The summed E-state index contributed by atoms with van der Waals surface area (Å²) in [6.45, 7) is 3.71. The molecular weight excluding hydrogens is 389 g/mol. The van der Waals surface area contributed by atoms with Crippen molar-refractivity contribution in [3.8, 4) is 0 Å². The topological polar surface area (TPSA) is 24.8 Å². The zero-order valence-electron chi connectivity index (χ0n) is 16.5. The number of halogens is 3. The van der Waals surface area contributed by atoms with Gasteiger partial charge in [-0.25, -0.2) is 0 Å². The van der Waals surface area contributed by atoms with Crippen molar-refractivity contribution in [2.24, 2.45) is 5.16 Å². The SMILES string of the molecule is CC(=NOCc1ccc(C(F)(F)F)cc1)c1cccc(N2Cc3ccccc3C2)c1. The maximum Gasteiger partial charge on any atom is 0.416 e. The lowest BCUT2D eigenvalue weighted by atomic mass is 10.1. The van der Waals surface area contributed by atoms with Crippen molar-refractivity contribution in [2.75, 3.05) is 4.90 Å². The maximum atomic E-state index is 12.6. The highest BCUT2D eigenvalue weighted by Crippen LogP contribution is 2.30. The molecule has 0 fully saturated rings. The van der Waals surface area contributed by atoms with Crippen molar-refractivity contribution < 1.29 is 18.0 Å². The molecule has 0 spiro atoms. The molecule has 0 unspecified atom stereocenters. The van der Waals surface area contributed by atoms with Crippen molar-refractivity contribution in [3.63, 3.8) is 0 Å². The Kier molecular flexibility index (Phi) is 5.48. The Morgan fingerprint density at radius 1 is 0.933 bits per heavy atom. The summed E-state index contributed by atoms with van der Waals surface area (Å²) in [5.41, 5.74) is 5.40. The number of nitrogens with zero attached hydrogens (tertiary/aromatic N) is 2. The van der Waals surface area contributed by atoms with Crippen LogP contribution in [0.5, 0.6) is 0 Å². The van der Waals surface area contributed by atoms with Crippen LogP contribution >= 0.6 is 0 Å².